The number of carbonyl (C=O) groups is 2. The number of hydrogen-bond acceptors (Lipinski definition) is 3. The normalized spacial score (nSPS) is 15.3. The molecule has 2 amide bonds. The average molecular weight is 395 g/mol. The van der Waals surface area contributed by atoms with E-state index in [0.717, 1.165) is 6.54 Å². The zero-order valence-electron chi connectivity index (χ0n) is 17.0. The van der Waals surface area contributed by atoms with Crippen molar-refractivity contribution in [2.24, 2.45) is 11.8 Å². The fraction of sp³-hybridized carbons (Fsp3) is 0.619. The van der Waals surface area contributed by atoms with Crippen molar-refractivity contribution in [2.45, 2.75) is 46.6 Å². The fourth-order valence-corrected chi connectivity index (χ4v) is 3.70. The Bertz CT molecular complexity index is 667. The van der Waals surface area contributed by atoms with Crippen molar-refractivity contribution < 1.29 is 14.3 Å². The van der Waals surface area contributed by atoms with Crippen molar-refractivity contribution in [3.05, 3.63) is 28.8 Å². The zero-order valence-corrected chi connectivity index (χ0v) is 17.8. The summed E-state index contributed by atoms with van der Waals surface area (Å²) in [6, 6.07) is 5.24. The molecule has 1 fully saturated rings. The van der Waals surface area contributed by atoms with Crippen LogP contribution in [0.5, 0.6) is 5.75 Å². The lowest BCUT2D eigenvalue weighted by Crippen LogP contribution is -2.47. The van der Waals surface area contributed by atoms with Gasteiger partial charge in [-0.1, -0.05) is 25.4 Å². The summed E-state index contributed by atoms with van der Waals surface area (Å²) in [5.41, 5.74) is 0.471. The molecule has 5 nitrogen and oxygen atoms in total. The smallest absolute Gasteiger partial charge is 0.257 e. The van der Waals surface area contributed by atoms with Gasteiger partial charge >= 0.3 is 0 Å². The maximum atomic E-state index is 13.0. The second kappa shape index (κ2) is 9.45. The second-order valence-corrected chi connectivity index (χ2v) is 8.33. The van der Waals surface area contributed by atoms with Crippen LogP contribution < -0.4 is 4.74 Å². The van der Waals surface area contributed by atoms with Crippen molar-refractivity contribution in [3.63, 3.8) is 0 Å². The molecule has 0 unspecified atom stereocenters. The molecule has 0 atom stereocenters. The Morgan fingerprint density at radius 2 is 1.85 bits per heavy atom. The van der Waals surface area contributed by atoms with Gasteiger partial charge in [0.2, 0.25) is 5.91 Å². The Morgan fingerprint density at radius 1 is 1.22 bits per heavy atom. The fourth-order valence-electron chi connectivity index (χ4n) is 3.53. The van der Waals surface area contributed by atoms with Crippen LogP contribution in [0.1, 0.15) is 50.9 Å². The summed E-state index contributed by atoms with van der Waals surface area (Å²) in [4.78, 5) is 29.6. The molecule has 6 heteroatoms. The molecule has 0 N–H and O–H groups in total. The summed E-state index contributed by atoms with van der Waals surface area (Å²) in [5, 5.41) is 0.505. The first kappa shape index (κ1) is 21.5. The molecule has 0 spiro atoms. The van der Waals surface area contributed by atoms with Gasteiger partial charge in [0, 0.05) is 36.6 Å². The third-order valence-electron chi connectivity index (χ3n) is 4.99. The highest BCUT2D eigenvalue weighted by Gasteiger charge is 2.32. The number of methoxy groups -OCH3 is 1. The van der Waals surface area contributed by atoms with Gasteiger partial charge in [0.15, 0.2) is 0 Å². The van der Waals surface area contributed by atoms with E-state index in [2.05, 4.69) is 27.7 Å². The monoisotopic (exact) mass is 394 g/mol. The molecule has 0 aromatic heterocycles. The summed E-state index contributed by atoms with van der Waals surface area (Å²) < 4.78 is 5.30. The lowest BCUT2D eigenvalue weighted by molar-refractivity contribution is -0.139. The molecule has 0 radical (unpaired) electrons. The first-order valence-electron chi connectivity index (χ1n) is 9.67. The van der Waals surface area contributed by atoms with E-state index in [4.69, 9.17) is 16.3 Å². The highest BCUT2D eigenvalue weighted by Crippen LogP contribution is 2.27. The van der Waals surface area contributed by atoms with Crippen molar-refractivity contribution >= 4 is 23.4 Å². The minimum absolute atomic E-state index is 0.0172. The molecular weight excluding hydrogens is 364 g/mol. The van der Waals surface area contributed by atoms with E-state index in [1.807, 2.05) is 4.90 Å². The molecule has 0 aliphatic carbocycles. The van der Waals surface area contributed by atoms with E-state index in [0.29, 0.717) is 48.2 Å². The number of rotatable bonds is 6. The Labute approximate surface area is 167 Å². The van der Waals surface area contributed by atoms with E-state index in [-0.39, 0.29) is 23.8 Å². The van der Waals surface area contributed by atoms with Crippen molar-refractivity contribution in [1.29, 1.82) is 0 Å². The first-order chi connectivity index (χ1) is 12.7. The molecule has 1 aliphatic rings. The number of halogens is 1. The highest BCUT2D eigenvalue weighted by molar-refractivity contribution is 6.31. The van der Waals surface area contributed by atoms with Gasteiger partial charge in [-0.3, -0.25) is 9.59 Å². The average Bonchev–Trinajstić information content (AvgIpc) is 2.64. The SMILES string of the molecule is COc1ccc(Cl)cc1C(=O)N1CCC(C(=O)N(CC(C)C)C(C)C)CC1. The maximum absolute atomic E-state index is 13.0. The van der Waals surface area contributed by atoms with Gasteiger partial charge in [-0.25, -0.2) is 0 Å². The summed E-state index contributed by atoms with van der Waals surface area (Å²) in [7, 11) is 1.54. The van der Waals surface area contributed by atoms with Gasteiger partial charge in [0.1, 0.15) is 5.75 Å². The van der Waals surface area contributed by atoms with Gasteiger partial charge in [-0.05, 0) is 50.8 Å². The Kier molecular flexibility index (Phi) is 7.54. The molecule has 0 bridgehead atoms. The van der Waals surface area contributed by atoms with Crippen LogP contribution in [0.3, 0.4) is 0 Å². The molecular formula is C21H31ClN2O3. The predicted molar refractivity (Wildman–Crippen MR) is 108 cm³/mol. The van der Waals surface area contributed by atoms with Gasteiger partial charge in [-0.15, -0.1) is 0 Å². The van der Waals surface area contributed by atoms with Crippen LogP contribution in [0.4, 0.5) is 0 Å². The number of hydrogen-bond donors (Lipinski definition) is 0. The van der Waals surface area contributed by atoms with Crippen LogP contribution in [0.15, 0.2) is 18.2 Å². The van der Waals surface area contributed by atoms with Crippen molar-refractivity contribution in [3.8, 4) is 5.75 Å². The number of carbonyl (C=O) groups excluding carboxylic acids is 2. The van der Waals surface area contributed by atoms with Gasteiger partial charge < -0.3 is 14.5 Å². The van der Waals surface area contributed by atoms with E-state index in [1.165, 1.54) is 0 Å². The summed E-state index contributed by atoms with van der Waals surface area (Å²) in [5.74, 6) is 1.06. The van der Waals surface area contributed by atoms with Crippen LogP contribution in [-0.2, 0) is 4.79 Å². The number of nitrogens with zero attached hydrogens (tertiary/aromatic N) is 2. The van der Waals surface area contributed by atoms with Gasteiger partial charge in [0.25, 0.3) is 5.91 Å². The maximum Gasteiger partial charge on any atom is 0.257 e. The standard InChI is InChI=1S/C21H31ClN2O3/c1-14(2)13-24(15(3)4)20(25)16-8-10-23(11-9-16)21(26)18-12-17(22)6-7-19(18)27-5/h6-7,12,14-16H,8-11,13H2,1-5H3. The molecule has 27 heavy (non-hydrogen) atoms. The molecule has 150 valence electrons. The number of likely N-dealkylation sites (tertiary alicyclic amines) is 1. The van der Waals surface area contributed by atoms with Crippen LogP contribution in [0.25, 0.3) is 0 Å². The molecule has 1 aliphatic heterocycles. The Hall–Kier alpha value is -1.75. The molecule has 1 heterocycles. The number of piperidine rings is 1. The van der Waals surface area contributed by atoms with Crippen molar-refractivity contribution in [2.75, 3.05) is 26.7 Å². The molecule has 1 aromatic carbocycles. The van der Waals surface area contributed by atoms with Gasteiger partial charge in [-0.2, -0.15) is 0 Å². The molecule has 1 saturated heterocycles. The summed E-state index contributed by atoms with van der Waals surface area (Å²) >= 11 is 6.05. The lowest BCUT2D eigenvalue weighted by atomic mass is 9.93. The highest BCUT2D eigenvalue weighted by atomic mass is 35.5. The Morgan fingerprint density at radius 3 is 2.37 bits per heavy atom. The van der Waals surface area contributed by atoms with Crippen molar-refractivity contribution in [1.82, 2.24) is 9.80 Å². The van der Waals surface area contributed by atoms with E-state index in [9.17, 15) is 9.59 Å². The zero-order chi connectivity index (χ0) is 20.1. The predicted octanol–water partition coefficient (Wildman–Crippen LogP) is 4.09. The third kappa shape index (κ3) is 5.38. The number of ether oxygens (including phenoxy) is 1. The quantitative estimate of drug-likeness (QED) is 0.730. The third-order valence-corrected chi connectivity index (χ3v) is 5.23. The Balaban J connectivity index is 2.03. The minimum atomic E-state index is -0.0943. The van der Waals surface area contributed by atoms with E-state index >= 15 is 0 Å². The van der Waals surface area contributed by atoms with Crippen LogP contribution in [0.2, 0.25) is 5.02 Å². The number of amides is 2. The van der Waals surface area contributed by atoms with E-state index in [1.54, 1.807) is 30.2 Å². The topological polar surface area (TPSA) is 49.9 Å². The molecule has 2 rings (SSSR count). The number of benzene rings is 1. The van der Waals surface area contributed by atoms with Gasteiger partial charge in [0.05, 0.1) is 12.7 Å². The minimum Gasteiger partial charge on any atom is -0.496 e. The van der Waals surface area contributed by atoms with E-state index < -0.39 is 0 Å². The lowest BCUT2D eigenvalue weighted by Gasteiger charge is -2.36. The molecule has 1 aromatic rings. The summed E-state index contributed by atoms with van der Waals surface area (Å²) in [6.07, 6.45) is 1.38. The second-order valence-electron chi connectivity index (χ2n) is 7.89. The van der Waals surface area contributed by atoms with Crippen LogP contribution >= 0.6 is 11.6 Å². The van der Waals surface area contributed by atoms with Crippen LogP contribution in [-0.4, -0.2) is 54.4 Å². The first-order valence-corrected chi connectivity index (χ1v) is 10.1. The van der Waals surface area contributed by atoms with Crippen LogP contribution in [0, 0.1) is 11.8 Å². The molecule has 0 saturated carbocycles. The summed E-state index contributed by atoms with van der Waals surface area (Å²) in [6.45, 7) is 10.3. The largest absolute Gasteiger partial charge is 0.496 e.